The SMILES string of the molecule is O=C(N[C@H]1C[C@H]2C(=O)Nc3ccc(/C=C/c4ccc(O)cc4)cc3C(=O)N2C1)c1ccccc1. The molecule has 2 heterocycles. The van der Waals surface area contributed by atoms with Crippen molar-refractivity contribution < 1.29 is 19.5 Å². The Balaban J connectivity index is 1.35. The van der Waals surface area contributed by atoms with Crippen LogP contribution in [0.4, 0.5) is 5.69 Å². The molecule has 3 amide bonds. The lowest BCUT2D eigenvalue weighted by molar-refractivity contribution is -0.119. The maximum Gasteiger partial charge on any atom is 0.256 e. The van der Waals surface area contributed by atoms with Gasteiger partial charge in [0.2, 0.25) is 5.91 Å². The Labute approximate surface area is 196 Å². The molecule has 0 radical (unpaired) electrons. The molecule has 3 aromatic carbocycles. The van der Waals surface area contributed by atoms with Crippen LogP contribution >= 0.6 is 0 Å². The highest BCUT2D eigenvalue weighted by molar-refractivity contribution is 6.10. The monoisotopic (exact) mass is 453 g/mol. The molecule has 2 aliphatic rings. The minimum Gasteiger partial charge on any atom is -0.508 e. The van der Waals surface area contributed by atoms with E-state index >= 15 is 0 Å². The van der Waals surface area contributed by atoms with Crippen LogP contribution in [-0.2, 0) is 4.79 Å². The molecule has 170 valence electrons. The highest BCUT2D eigenvalue weighted by Crippen LogP contribution is 2.30. The fraction of sp³-hybridized carbons (Fsp3) is 0.148. The van der Waals surface area contributed by atoms with Crippen LogP contribution < -0.4 is 10.6 Å². The topological polar surface area (TPSA) is 98.7 Å². The molecule has 34 heavy (non-hydrogen) atoms. The zero-order valence-electron chi connectivity index (χ0n) is 18.3. The normalized spacial score (nSPS) is 19.4. The van der Waals surface area contributed by atoms with Gasteiger partial charge in [0.1, 0.15) is 11.8 Å². The van der Waals surface area contributed by atoms with Gasteiger partial charge in [-0.15, -0.1) is 0 Å². The number of hydrogen-bond donors (Lipinski definition) is 3. The number of anilines is 1. The molecule has 2 atom stereocenters. The molecular formula is C27H23N3O4. The van der Waals surface area contributed by atoms with E-state index in [1.165, 1.54) is 0 Å². The van der Waals surface area contributed by atoms with Crippen LogP contribution in [-0.4, -0.2) is 46.4 Å². The number of aromatic hydroxyl groups is 1. The van der Waals surface area contributed by atoms with Crippen molar-refractivity contribution >= 4 is 35.6 Å². The first-order valence-electron chi connectivity index (χ1n) is 11.1. The van der Waals surface area contributed by atoms with Gasteiger partial charge in [-0.25, -0.2) is 0 Å². The Morgan fingerprint density at radius 1 is 0.971 bits per heavy atom. The summed E-state index contributed by atoms with van der Waals surface area (Å²) >= 11 is 0. The molecular weight excluding hydrogens is 430 g/mol. The van der Waals surface area contributed by atoms with Gasteiger partial charge in [-0.2, -0.15) is 0 Å². The van der Waals surface area contributed by atoms with Gasteiger partial charge in [-0.3, -0.25) is 14.4 Å². The lowest BCUT2D eigenvalue weighted by atomic mass is 10.1. The number of benzene rings is 3. The predicted octanol–water partition coefficient (Wildman–Crippen LogP) is 3.53. The molecule has 7 nitrogen and oxygen atoms in total. The molecule has 3 aromatic rings. The maximum absolute atomic E-state index is 13.4. The molecule has 2 aliphatic heterocycles. The van der Waals surface area contributed by atoms with Crippen molar-refractivity contribution in [3.63, 3.8) is 0 Å². The standard InChI is InChI=1S/C27H23N3O4/c31-21-11-8-17(9-12-21)6-7-18-10-13-23-22(14-18)27(34)30-16-20(15-24(30)26(33)29-23)28-25(32)19-4-2-1-3-5-19/h1-14,20,24,31H,15-16H2,(H,28,32)(H,29,33)/b7-6+/t20-,24-/m0/s1. The summed E-state index contributed by atoms with van der Waals surface area (Å²) in [5.41, 5.74) is 3.15. The highest BCUT2D eigenvalue weighted by Gasteiger charge is 2.43. The van der Waals surface area contributed by atoms with Crippen LogP contribution in [0.3, 0.4) is 0 Å². The first kappa shape index (κ1) is 21.5. The lowest BCUT2D eigenvalue weighted by Crippen LogP contribution is -2.41. The summed E-state index contributed by atoms with van der Waals surface area (Å²) in [5.74, 6) is -0.522. The van der Waals surface area contributed by atoms with E-state index in [2.05, 4.69) is 10.6 Å². The van der Waals surface area contributed by atoms with Crippen LogP contribution in [0.2, 0.25) is 0 Å². The first-order chi connectivity index (χ1) is 16.5. The minimum absolute atomic E-state index is 0.196. The second kappa shape index (κ2) is 8.86. The maximum atomic E-state index is 13.4. The molecule has 0 bridgehead atoms. The molecule has 7 heteroatoms. The Hall–Kier alpha value is -4.39. The molecule has 0 saturated carbocycles. The summed E-state index contributed by atoms with van der Waals surface area (Å²) in [5, 5.41) is 15.2. The number of rotatable bonds is 4. The van der Waals surface area contributed by atoms with Gasteiger partial charge in [0, 0.05) is 18.2 Å². The molecule has 0 spiro atoms. The number of phenolic OH excluding ortho intramolecular Hbond substituents is 1. The van der Waals surface area contributed by atoms with Crippen molar-refractivity contribution in [1.29, 1.82) is 0 Å². The average Bonchev–Trinajstić information content (AvgIpc) is 3.24. The van der Waals surface area contributed by atoms with Crippen molar-refractivity contribution in [2.45, 2.75) is 18.5 Å². The van der Waals surface area contributed by atoms with E-state index in [0.29, 0.717) is 23.2 Å². The Kier molecular flexibility index (Phi) is 5.59. The molecule has 0 unspecified atom stereocenters. The van der Waals surface area contributed by atoms with E-state index in [1.54, 1.807) is 65.6 Å². The zero-order valence-corrected chi connectivity index (χ0v) is 18.3. The summed E-state index contributed by atoms with van der Waals surface area (Å²) in [6.45, 7) is 0.266. The molecule has 3 N–H and O–H groups in total. The second-order valence-electron chi connectivity index (χ2n) is 8.46. The third-order valence-corrected chi connectivity index (χ3v) is 6.13. The summed E-state index contributed by atoms with van der Waals surface area (Å²) < 4.78 is 0. The number of fused-ring (bicyclic) bond motifs is 2. The number of phenols is 1. The number of amides is 3. The third kappa shape index (κ3) is 4.28. The van der Waals surface area contributed by atoms with Crippen molar-refractivity contribution in [2.75, 3.05) is 11.9 Å². The van der Waals surface area contributed by atoms with Crippen molar-refractivity contribution in [2.24, 2.45) is 0 Å². The molecule has 0 aromatic heterocycles. The van der Waals surface area contributed by atoms with Gasteiger partial charge in [-0.1, -0.05) is 48.6 Å². The Morgan fingerprint density at radius 3 is 2.44 bits per heavy atom. The first-order valence-corrected chi connectivity index (χ1v) is 11.1. The summed E-state index contributed by atoms with van der Waals surface area (Å²) in [4.78, 5) is 40.4. The van der Waals surface area contributed by atoms with E-state index in [4.69, 9.17) is 0 Å². The third-order valence-electron chi connectivity index (χ3n) is 6.13. The fourth-order valence-electron chi connectivity index (χ4n) is 4.37. The molecule has 5 rings (SSSR count). The number of nitrogens with zero attached hydrogens (tertiary/aromatic N) is 1. The van der Waals surface area contributed by atoms with E-state index in [9.17, 15) is 19.5 Å². The van der Waals surface area contributed by atoms with E-state index in [0.717, 1.165) is 11.1 Å². The largest absolute Gasteiger partial charge is 0.508 e. The van der Waals surface area contributed by atoms with E-state index < -0.39 is 6.04 Å². The van der Waals surface area contributed by atoms with E-state index in [-0.39, 0.29) is 36.1 Å². The second-order valence-corrected chi connectivity index (χ2v) is 8.46. The minimum atomic E-state index is -0.642. The van der Waals surface area contributed by atoms with Gasteiger partial charge >= 0.3 is 0 Å². The number of carbonyl (C=O) groups excluding carboxylic acids is 3. The summed E-state index contributed by atoms with van der Waals surface area (Å²) in [7, 11) is 0. The van der Waals surface area contributed by atoms with Gasteiger partial charge in [0.25, 0.3) is 11.8 Å². The van der Waals surface area contributed by atoms with Crippen molar-refractivity contribution in [3.8, 4) is 5.75 Å². The number of nitrogens with one attached hydrogen (secondary N) is 2. The van der Waals surface area contributed by atoms with Crippen LogP contribution in [0, 0.1) is 0 Å². The smallest absolute Gasteiger partial charge is 0.256 e. The fourth-order valence-corrected chi connectivity index (χ4v) is 4.37. The van der Waals surface area contributed by atoms with Crippen molar-refractivity contribution in [3.05, 3.63) is 95.1 Å². The Bertz CT molecular complexity index is 1280. The quantitative estimate of drug-likeness (QED) is 0.527. The van der Waals surface area contributed by atoms with Gasteiger partial charge in [-0.05, 0) is 53.9 Å². The van der Waals surface area contributed by atoms with Crippen LogP contribution in [0.25, 0.3) is 12.2 Å². The Morgan fingerprint density at radius 2 is 1.68 bits per heavy atom. The number of carbonyl (C=O) groups is 3. The number of hydrogen-bond acceptors (Lipinski definition) is 4. The summed E-state index contributed by atoms with van der Waals surface area (Å²) in [6, 6.07) is 20.0. The van der Waals surface area contributed by atoms with Gasteiger partial charge in [0.15, 0.2) is 0 Å². The molecule has 0 aliphatic carbocycles. The summed E-state index contributed by atoms with van der Waals surface area (Å²) in [6.07, 6.45) is 4.11. The molecule has 1 fully saturated rings. The van der Waals surface area contributed by atoms with Gasteiger partial charge < -0.3 is 20.6 Å². The zero-order chi connectivity index (χ0) is 23.7. The lowest BCUT2D eigenvalue weighted by Gasteiger charge is -2.20. The average molecular weight is 453 g/mol. The van der Waals surface area contributed by atoms with Crippen LogP contribution in [0.1, 0.15) is 38.3 Å². The molecule has 1 saturated heterocycles. The predicted molar refractivity (Wildman–Crippen MR) is 129 cm³/mol. The van der Waals surface area contributed by atoms with Crippen LogP contribution in [0.5, 0.6) is 5.75 Å². The van der Waals surface area contributed by atoms with E-state index in [1.807, 2.05) is 24.3 Å². The van der Waals surface area contributed by atoms with Crippen LogP contribution in [0.15, 0.2) is 72.8 Å². The van der Waals surface area contributed by atoms with Crippen molar-refractivity contribution in [1.82, 2.24) is 10.2 Å². The van der Waals surface area contributed by atoms with Gasteiger partial charge in [0.05, 0.1) is 11.3 Å². The highest BCUT2D eigenvalue weighted by atomic mass is 16.3.